The number of aldehydes is 1. The van der Waals surface area contributed by atoms with E-state index in [1.165, 1.54) is 0 Å². The van der Waals surface area contributed by atoms with Crippen LogP contribution in [0.15, 0.2) is 6.07 Å². The molecule has 0 amide bonds. The van der Waals surface area contributed by atoms with E-state index < -0.39 is 34.8 Å². The van der Waals surface area contributed by atoms with Crippen LogP contribution < -0.4 is 0 Å². The third-order valence-corrected chi connectivity index (χ3v) is 1.81. The van der Waals surface area contributed by atoms with Gasteiger partial charge in [0.2, 0.25) is 0 Å². The molecule has 5 heteroatoms. The second-order valence-electron chi connectivity index (χ2n) is 2.81. The highest BCUT2D eigenvalue weighted by molar-refractivity contribution is 5.61. The van der Waals surface area contributed by atoms with E-state index in [0.717, 1.165) is 6.92 Å². The maximum atomic E-state index is 12.9. The SMILES string of the molecule is CC(C=O)c1c(F)c(F)cc(F)c1F. The highest BCUT2D eigenvalue weighted by Gasteiger charge is 2.22. The molecular formula is C9H6F4O. The summed E-state index contributed by atoms with van der Waals surface area (Å²) in [6.07, 6.45) is 0.209. The molecule has 1 atom stereocenters. The van der Waals surface area contributed by atoms with Gasteiger partial charge in [0.05, 0.1) is 0 Å². The average molecular weight is 206 g/mol. The standard InChI is InChI=1S/C9H6F4O/c1-4(3-14)7-8(12)5(10)2-6(11)9(7)13/h2-4H,1H3. The molecule has 1 rings (SSSR count). The monoisotopic (exact) mass is 206 g/mol. The molecule has 0 radical (unpaired) electrons. The Bertz CT molecular complexity index is 349. The topological polar surface area (TPSA) is 17.1 Å². The third kappa shape index (κ3) is 1.62. The first kappa shape index (κ1) is 10.7. The minimum Gasteiger partial charge on any atom is -0.303 e. The Labute approximate surface area is 77.3 Å². The minimum atomic E-state index is -1.52. The fourth-order valence-corrected chi connectivity index (χ4v) is 1.06. The number of hydrogen-bond donors (Lipinski definition) is 0. The van der Waals surface area contributed by atoms with Crippen LogP contribution in [-0.2, 0) is 4.79 Å². The summed E-state index contributed by atoms with van der Waals surface area (Å²) >= 11 is 0. The Balaban J connectivity index is 3.46. The Kier molecular flexibility index (Phi) is 2.88. The van der Waals surface area contributed by atoms with Crippen molar-refractivity contribution in [1.82, 2.24) is 0 Å². The molecule has 0 saturated carbocycles. The number of carbonyl (C=O) groups excluding carboxylic acids is 1. The number of carbonyl (C=O) groups is 1. The summed E-state index contributed by atoms with van der Waals surface area (Å²) in [7, 11) is 0. The first-order valence-electron chi connectivity index (χ1n) is 3.77. The van der Waals surface area contributed by atoms with Gasteiger partial charge in [-0.05, 0) is 0 Å². The fraction of sp³-hybridized carbons (Fsp3) is 0.222. The predicted octanol–water partition coefficient (Wildman–Crippen LogP) is 2.55. The van der Waals surface area contributed by atoms with Gasteiger partial charge < -0.3 is 4.79 Å². The minimum absolute atomic E-state index is 0.103. The van der Waals surface area contributed by atoms with Crippen LogP contribution >= 0.6 is 0 Å². The molecular weight excluding hydrogens is 200 g/mol. The van der Waals surface area contributed by atoms with Crippen molar-refractivity contribution in [3.63, 3.8) is 0 Å². The molecule has 0 fully saturated rings. The van der Waals surface area contributed by atoms with Crippen molar-refractivity contribution in [2.75, 3.05) is 0 Å². The van der Waals surface area contributed by atoms with Gasteiger partial charge in [-0.3, -0.25) is 0 Å². The Morgan fingerprint density at radius 3 is 1.93 bits per heavy atom. The Hall–Kier alpha value is -1.39. The summed E-state index contributed by atoms with van der Waals surface area (Å²) in [6, 6.07) is 0.103. The molecule has 0 aliphatic carbocycles. The van der Waals surface area contributed by atoms with Gasteiger partial charge in [-0.25, -0.2) is 17.6 Å². The van der Waals surface area contributed by atoms with E-state index in [2.05, 4.69) is 0 Å². The number of rotatable bonds is 2. The van der Waals surface area contributed by atoms with Gasteiger partial charge >= 0.3 is 0 Å². The first-order valence-corrected chi connectivity index (χ1v) is 3.77. The van der Waals surface area contributed by atoms with Crippen LogP contribution in [0.4, 0.5) is 17.6 Å². The quantitative estimate of drug-likeness (QED) is 0.413. The lowest BCUT2D eigenvalue weighted by Crippen LogP contribution is -2.07. The first-order chi connectivity index (χ1) is 6.49. The van der Waals surface area contributed by atoms with Crippen LogP contribution in [0.3, 0.4) is 0 Å². The highest BCUT2D eigenvalue weighted by Crippen LogP contribution is 2.25. The zero-order valence-electron chi connectivity index (χ0n) is 7.15. The molecule has 0 saturated heterocycles. The normalized spacial score (nSPS) is 12.6. The van der Waals surface area contributed by atoms with Crippen LogP contribution in [0.2, 0.25) is 0 Å². The molecule has 0 heterocycles. The summed E-state index contributed by atoms with van der Waals surface area (Å²) in [6.45, 7) is 1.15. The molecule has 0 aromatic heterocycles. The smallest absolute Gasteiger partial charge is 0.165 e. The van der Waals surface area contributed by atoms with Crippen molar-refractivity contribution < 1.29 is 22.4 Å². The van der Waals surface area contributed by atoms with E-state index in [4.69, 9.17) is 0 Å². The maximum absolute atomic E-state index is 12.9. The lowest BCUT2D eigenvalue weighted by molar-refractivity contribution is -0.108. The van der Waals surface area contributed by atoms with E-state index in [1.807, 2.05) is 0 Å². The van der Waals surface area contributed by atoms with Gasteiger partial charge in [0.1, 0.15) is 6.29 Å². The summed E-state index contributed by atoms with van der Waals surface area (Å²) in [4.78, 5) is 10.3. The van der Waals surface area contributed by atoms with Crippen molar-refractivity contribution in [3.05, 3.63) is 34.9 Å². The second-order valence-corrected chi connectivity index (χ2v) is 2.81. The number of halogens is 4. The van der Waals surface area contributed by atoms with Gasteiger partial charge in [-0.1, -0.05) is 6.92 Å². The van der Waals surface area contributed by atoms with Crippen molar-refractivity contribution in [2.24, 2.45) is 0 Å². The van der Waals surface area contributed by atoms with Crippen LogP contribution in [0.25, 0.3) is 0 Å². The van der Waals surface area contributed by atoms with Crippen LogP contribution in [0.1, 0.15) is 18.4 Å². The highest BCUT2D eigenvalue weighted by atomic mass is 19.2. The van der Waals surface area contributed by atoms with Crippen molar-refractivity contribution in [1.29, 1.82) is 0 Å². The molecule has 0 aliphatic rings. The maximum Gasteiger partial charge on any atom is 0.165 e. The van der Waals surface area contributed by atoms with Crippen molar-refractivity contribution in [3.8, 4) is 0 Å². The largest absolute Gasteiger partial charge is 0.303 e. The lowest BCUT2D eigenvalue weighted by Gasteiger charge is -2.08. The van der Waals surface area contributed by atoms with E-state index in [-0.39, 0.29) is 12.4 Å². The van der Waals surface area contributed by atoms with E-state index in [1.54, 1.807) is 0 Å². The molecule has 0 N–H and O–H groups in total. The fourth-order valence-electron chi connectivity index (χ4n) is 1.06. The van der Waals surface area contributed by atoms with Crippen molar-refractivity contribution in [2.45, 2.75) is 12.8 Å². The van der Waals surface area contributed by atoms with Gasteiger partial charge in [-0.15, -0.1) is 0 Å². The molecule has 76 valence electrons. The molecule has 1 unspecified atom stereocenters. The Morgan fingerprint density at radius 1 is 1.14 bits per heavy atom. The lowest BCUT2D eigenvalue weighted by atomic mass is 10.0. The van der Waals surface area contributed by atoms with Gasteiger partial charge in [-0.2, -0.15) is 0 Å². The van der Waals surface area contributed by atoms with E-state index in [9.17, 15) is 22.4 Å². The number of benzene rings is 1. The zero-order chi connectivity index (χ0) is 10.9. The second kappa shape index (κ2) is 3.77. The zero-order valence-corrected chi connectivity index (χ0v) is 7.15. The summed E-state index contributed by atoms with van der Waals surface area (Å²) < 4.78 is 51.1. The van der Waals surface area contributed by atoms with Gasteiger partial charge in [0, 0.05) is 17.5 Å². The van der Waals surface area contributed by atoms with E-state index in [0.29, 0.717) is 0 Å². The van der Waals surface area contributed by atoms with Crippen LogP contribution in [-0.4, -0.2) is 6.29 Å². The average Bonchev–Trinajstić information content (AvgIpc) is 2.15. The summed E-state index contributed by atoms with van der Waals surface area (Å²) in [5.41, 5.74) is -0.877. The molecule has 1 nitrogen and oxygen atoms in total. The van der Waals surface area contributed by atoms with Crippen LogP contribution in [0, 0.1) is 23.3 Å². The molecule has 0 aliphatic heterocycles. The third-order valence-electron chi connectivity index (χ3n) is 1.81. The molecule has 1 aromatic rings. The molecule has 0 spiro atoms. The van der Waals surface area contributed by atoms with Gasteiger partial charge in [0.15, 0.2) is 23.3 Å². The molecule has 1 aromatic carbocycles. The van der Waals surface area contributed by atoms with Crippen LogP contribution in [0.5, 0.6) is 0 Å². The molecule has 0 bridgehead atoms. The predicted molar refractivity (Wildman–Crippen MR) is 40.8 cm³/mol. The summed E-state index contributed by atoms with van der Waals surface area (Å²) in [5, 5.41) is 0. The van der Waals surface area contributed by atoms with Crippen molar-refractivity contribution >= 4 is 6.29 Å². The Morgan fingerprint density at radius 2 is 1.57 bits per heavy atom. The van der Waals surface area contributed by atoms with Gasteiger partial charge in [0.25, 0.3) is 0 Å². The number of hydrogen-bond acceptors (Lipinski definition) is 1. The van der Waals surface area contributed by atoms with E-state index >= 15 is 0 Å². The molecule has 14 heavy (non-hydrogen) atoms. The summed E-state index contributed by atoms with van der Waals surface area (Å²) in [5.74, 6) is -7.28.